The fourth-order valence-electron chi connectivity index (χ4n) is 1.08. The summed E-state index contributed by atoms with van der Waals surface area (Å²) in [5.74, 6) is 0. The molecule has 0 saturated heterocycles. The zero-order chi connectivity index (χ0) is 9.68. The second-order valence-electron chi connectivity index (χ2n) is 3.32. The predicted octanol–water partition coefficient (Wildman–Crippen LogP) is 3.23. The topological polar surface area (TPSA) is 12.0 Å². The van der Waals surface area contributed by atoms with Crippen molar-refractivity contribution < 1.29 is 0 Å². The van der Waals surface area contributed by atoms with E-state index in [0.29, 0.717) is 6.04 Å². The lowest BCUT2D eigenvalue weighted by Crippen LogP contribution is -2.24. The molecule has 1 aromatic rings. The van der Waals surface area contributed by atoms with Gasteiger partial charge in [-0.1, -0.05) is 30.7 Å². The van der Waals surface area contributed by atoms with E-state index in [1.807, 2.05) is 18.2 Å². The molecule has 0 aromatic heterocycles. The highest BCUT2D eigenvalue weighted by Crippen LogP contribution is 2.10. The van der Waals surface area contributed by atoms with Crippen molar-refractivity contribution >= 4 is 11.6 Å². The molecule has 0 heterocycles. The molecule has 0 aliphatic heterocycles. The Labute approximate surface area is 85.1 Å². The molecule has 0 amide bonds. The maximum atomic E-state index is 5.87. The maximum absolute atomic E-state index is 5.87. The van der Waals surface area contributed by atoms with Crippen LogP contribution in [0.25, 0.3) is 0 Å². The second kappa shape index (κ2) is 5.25. The van der Waals surface area contributed by atoms with Crippen molar-refractivity contribution in [2.75, 3.05) is 0 Å². The van der Waals surface area contributed by atoms with Gasteiger partial charge in [0.1, 0.15) is 0 Å². The summed E-state index contributed by atoms with van der Waals surface area (Å²) in [4.78, 5) is 0. The van der Waals surface area contributed by atoms with Crippen LogP contribution in [0.5, 0.6) is 0 Å². The Bertz CT molecular complexity index is 260. The molecule has 1 unspecified atom stereocenters. The molecule has 0 aliphatic carbocycles. The van der Waals surface area contributed by atoms with E-state index in [1.54, 1.807) is 0 Å². The molecule has 13 heavy (non-hydrogen) atoms. The third-order valence-electron chi connectivity index (χ3n) is 2.16. The minimum atomic E-state index is 0.569. The van der Waals surface area contributed by atoms with E-state index >= 15 is 0 Å². The van der Waals surface area contributed by atoms with Gasteiger partial charge in [0.05, 0.1) is 0 Å². The monoisotopic (exact) mass is 197 g/mol. The molecule has 1 atom stereocenters. The summed E-state index contributed by atoms with van der Waals surface area (Å²) in [7, 11) is 0. The average molecular weight is 198 g/mol. The zero-order valence-corrected chi connectivity index (χ0v) is 8.93. The van der Waals surface area contributed by atoms with Gasteiger partial charge in [-0.25, -0.2) is 0 Å². The SMILES string of the molecule is CCC(C)NCc1cccc(Cl)c1. The number of hydrogen-bond donors (Lipinski definition) is 1. The van der Waals surface area contributed by atoms with Crippen LogP contribution in [0.1, 0.15) is 25.8 Å². The fraction of sp³-hybridized carbons (Fsp3) is 0.455. The minimum Gasteiger partial charge on any atom is -0.310 e. The van der Waals surface area contributed by atoms with Crippen molar-refractivity contribution in [1.82, 2.24) is 5.32 Å². The number of rotatable bonds is 4. The molecule has 0 saturated carbocycles. The fourth-order valence-corrected chi connectivity index (χ4v) is 1.30. The Balaban J connectivity index is 2.45. The quantitative estimate of drug-likeness (QED) is 0.782. The third-order valence-corrected chi connectivity index (χ3v) is 2.39. The highest BCUT2D eigenvalue weighted by Gasteiger charge is 1.98. The lowest BCUT2D eigenvalue weighted by molar-refractivity contribution is 0.534. The number of benzene rings is 1. The van der Waals surface area contributed by atoms with Gasteiger partial charge in [0, 0.05) is 17.6 Å². The Morgan fingerprint density at radius 2 is 2.23 bits per heavy atom. The second-order valence-corrected chi connectivity index (χ2v) is 3.76. The van der Waals surface area contributed by atoms with Gasteiger partial charge in [0.2, 0.25) is 0 Å². The zero-order valence-electron chi connectivity index (χ0n) is 8.18. The van der Waals surface area contributed by atoms with Crippen LogP contribution in [0.4, 0.5) is 0 Å². The molecule has 0 spiro atoms. The summed E-state index contributed by atoms with van der Waals surface area (Å²) in [5.41, 5.74) is 1.24. The molecule has 0 radical (unpaired) electrons. The Hall–Kier alpha value is -0.530. The maximum Gasteiger partial charge on any atom is 0.0409 e. The molecule has 0 fully saturated rings. The minimum absolute atomic E-state index is 0.569. The lowest BCUT2D eigenvalue weighted by Gasteiger charge is -2.10. The third kappa shape index (κ3) is 3.79. The van der Waals surface area contributed by atoms with Crippen molar-refractivity contribution in [2.24, 2.45) is 0 Å². The molecular weight excluding hydrogens is 182 g/mol. The van der Waals surface area contributed by atoms with Crippen LogP contribution in [0.15, 0.2) is 24.3 Å². The summed E-state index contributed by atoms with van der Waals surface area (Å²) in [5, 5.41) is 4.23. The van der Waals surface area contributed by atoms with Crippen LogP contribution in [0.2, 0.25) is 5.02 Å². The van der Waals surface area contributed by atoms with Gasteiger partial charge in [0.25, 0.3) is 0 Å². The Morgan fingerprint density at radius 3 is 2.85 bits per heavy atom. The number of halogens is 1. The summed E-state index contributed by atoms with van der Waals surface area (Å²) in [6.07, 6.45) is 1.15. The Kier molecular flexibility index (Phi) is 4.26. The average Bonchev–Trinajstić information content (AvgIpc) is 2.14. The van der Waals surface area contributed by atoms with Gasteiger partial charge in [-0.15, -0.1) is 0 Å². The van der Waals surface area contributed by atoms with Crippen LogP contribution in [0.3, 0.4) is 0 Å². The number of nitrogens with one attached hydrogen (secondary N) is 1. The number of hydrogen-bond acceptors (Lipinski definition) is 1. The molecular formula is C11H16ClN. The summed E-state index contributed by atoms with van der Waals surface area (Å²) in [6.45, 7) is 5.26. The lowest BCUT2D eigenvalue weighted by atomic mass is 10.2. The predicted molar refractivity (Wildman–Crippen MR) is 58.0 cm³/mol. The van der Waals surface area contributed by atoms with Gasteiger partial charge >= 0.3 is 0 Å². The first-order valence-corrected chi connectivity index (χ1v) is 5.08. The van der Waals surface area contributed by atoms with Crippen molar-refractivity contribution in [3.05, 3.63) is 34.9 Å². The van der Waals surface area contributed by atoms with Crippen molar-refractivity contribution in [1.29, 1.82) is 0 Å². The van der Waals surface area contributed by atoms with Gasteiger partial charge in [0.15, 0.2) is 0 Å². The highest BCUT2D eigenvalue weighted by atomic mass is 35.5. The van der Waals surface area contributed by atoms with Crippen LogP contribution in [0, 0.1) is 0 Å². The van der Waals surface area contributed by atoms with Gasteiger partial charge in [-0.2, -0.15) is 0 Å². The molecule has 72 valence electrons. The van der Waals surface area contributed by atoms with E-state index in [9.17, 15) is 0 Å². The Morgan fingerprint density at radius 1 is 1.46 bits per heavy atom. The van der Waals surface area contributed by atoms with Crippen LogP contribution >= 0.6 is 11.6 Å². The van der Waals surface area contributed by atoms with E-state index in [0.717, 1.165) is 18.0 Å². The molecule has 1 rings (SSSR count). The van der Waals surface area contributed by atoms with E-state index in [1.165, 1.54) is 5.56 Å². The van der Waals surface area contributed by atoms with E-state index in [2.05, 4.69) is 25.2 Å². The first-order chi connectivity index (χ1) is 6.22. The largest absolute Gasteiger partial charge is 0.310 e. The molecule has 1 nitrogen and oxygen atoms in total. The van der Waals surface area contributed by atoms with Crippen LogP contribution < -0.4 is 5.32 Å². The molecule has 0 bridgehead atoms. The molecule has 0 aliphatic rings. The van der Waals surface area contributed by atoms with Crippen molar-refractivity contribution in [3.63, 3.8) is 0 Å². The highest BCUT2D eigenvalue weighted by molar-refractivity contribution is 6.30. The van der Waals surface area contributed by atoms with E-state index in [-0.39, 0.29) is 0 Å². The van der Waals surface area contributed by atoms with Gasteiger partial charge in [-0.3, -0.25) is 0 Å². The smallest absolute Gasteiger partial charge is 0.0409 e. The van der Waals surface area contributed by atoms with E-state index in [4.69, 9.17) is 11.6 Å². The standard InChI is InChI=1S/C11H16ClN/c1-3-9(2)13-8-10-5-4-6-11(12)7-10/h4-7,9,13H,3,8H2,1-2H3. The van der Waals surface area contributed by atoms with Crippen molar-refractivity contribution in [2.45, 2.75) is 32.9 Å². The first kappa shape index (κ1) is 10.6. The summed E-state index contributed by atoms with van der Waals surface area (Å²) in [6, 6.07) is 8.53. The van der Waals surface area contributed by atoms with Gasteiger partial charge < -0.3 is 5.32 Å². The first-order valence-electron chi connectivity index (χ1n) is 4.70. The van der Waals surface area contributed by atoms with E-state index < -0.39 is 0 Å². The normalized spacial score (nSPS) is 12.8. The summed E-state index contributed by atoms with van der Waals surface area (Å²) >= 11 is 5.87. The summed E-state index contributed by atoms with van der Waals surface area (Å²) < 4.78 is 0. The van der Waals surface area contributed by atoms with Gasteiger partial charge in [-0.05, 0) is 31.0 Å². The van der Waals surface area contributed by atoms with Crippen molar-refractivity contribution in [3.8, 4) is 0 Å². The molecule has 2 heteroatoms. The molecule has 1 N–H and O–H groups in total. The molecule has 1 aromatic carbocycles. The van der Waals surface area contributed by atoms with Crippen LogP contribution in [-0.4, -0.2) is 6.04 Å². The van der Waals surface area contributed by atoms with Crippen LogP contribution in [-0.2, 0) is 6.54 Å².